The van der Waals surface area contributed by atoms with E-state index in [-0.39, 0.29) is 24.2 Å². The number of hydrogen-bond acceptors (Lipinski definition) is 6. The number of carbonyl (C=O) groups is 4. The van der Waals surface area contributed by atoms with Crippen molar-refractivity contribution in [2.45, 2.75) is 63.1 Å². The number of carbonyl (C=O) groups excluding carboxylic acids is 4. The lowest BCUT2D eigenvalue weighted by Crippen LogP contribution is -2.58. The van der Waals surface area contributed by atoms with Crippen molar-refractivity contribution in [3.05, 3.63) is 46.7 Å². The van der Waals surface area contributed by atoms with Gasteiger partial charge in [-0.1, -0.05) is 32.9 Å². The quantitative estimate of drug-likeness (QED) is 0.359. The summed E-state index contributed by atoms with van der Waals surface area (Å²) in [7, 11) is 0. The van der Waals surface area contributed by atoms with Crippen molar-refractivity contribution in [3.63, 3.8) is 0 Å². The van der Waals surface area contributed by atoms with Gasteiger partial charge in [0.15, 0.2) is 0 Å². The van der Waals surface area contributed by atoms with Crippen molar-refractivity contribution in [2.24, 2.45) is 11.1 Å². The van der Waals surface area contributed by atoms with Crippen molar-refractivity contribution < 1.29 is 19.2 Å². The van der Waals surface area contributed by atoms with Crippen molar-refractivity contribution in [1.82, 2.24) is 15.5 Å². The van der Waals surface area contributed by atoms with Crippen LogP contribution in [0.4, 0.5) is 10.5 Å². The van der Waals surface area contributed by atoms with Gasteiger partial charge < -0.3 is 26.6 Å². The van der Waals surface area contributed by atoms with Crippen LogP contribution in [-0.4, -0.2) is 59.6 Å². The zero-order valence-corrected chi connectivity index (χ0v) is 23.2. The Labute approximate surface area is 225 Å². The molecule has 3 rings (SSSR count). The molecular weight excluding hydrogens is 510 g/mol. The number of primary amides is 1. The van der Waals surface area contributed by atoms with E-state index in [4.69, 9.17) is 5.73 Å². The van der Waals surface area contributed by atoms with Gasteiger partial charge in [-0.05, 0) is 47.7 Å². The largest absolute Gasteiger partial charge is 0.368 e. The van der Waals surface area contributed by atoms with Gasteiger partial charge in [0, 0.05) is 34.8 Å². The second-order valence-corrected chi connectivity index (χ2v) is 12.2. The van der Waals surface area contributed by atoms with E-state index in [0.29, 0.717) is 18.7 Å². The number of hydrogen-bond donors (Lipinski definition) is 4. The maximum Gasteiger partial charge on any atom is 0.319 e. The second-order valence-electron chi connectivity index (χ2n) is 10.2. The topological polar surface area (TPSA) is 134 Å². The maximum atomic E-state index is 13.5. The smallest absolute Gasteiger partial charge is 0.319 e. The monoisotopic (exact) mass is 545 g/mol. The predicted octanol–water partition coefficient (Wildman–Crippen LogP) is 3.21. The van der Waals surface area contributed by atoms with Gasteiger partial charge in [0.2, 0.25) is 17.7 Å². The summed E-state index contributed by atoms with van der Waals surface area (Å²) >= 11 is 3.02. The molecule has 1 aliphatic rings. The Morgan fingerprint density at radius 2 is 1.95 bits per heavy atom. The van der Waals surface area contributed by atoms with Gasteiger partial charge in [-0.2, -0.15) is 0 Å². The summed E-state index contributed by atoms with van der Waals surface area (Å²) in [5.74, 6) is -1.36. The van der Waals surface area contributed by atoms with Gasteiger partial charge in [0.25, 0.3) is 0 Å². The van der Waals surface area contributed by atoms with Crippen molar-refractivity contribution in [2.75, 3.05) is 18.1 Å². The molecule has 0 radical (unpaired) electrons. The summed E-state index contributed by atoms with van der Waals surface area (Å²) < 4.78 is 0. The molecule has 0 unspecified atom stereocenters. The lowest BCUT2D eigenvalue weighted by atomic mass is 9.91. The molecule has 1 aliphatic heterocycles. The van der Waals surface area contributed by atoms with E-state index in [9.17, 15) is 19.2 Å². The highest BCUT2D eigenvalue weighted by Crippen LogP contribution is 2.26. The molecule has 1 aromatic carbocycles. The summed E-state index contributed by atoms with van der Waals surface area (Å²) in [6, 6.07) is 8.12. The van der Waals surface area contributed by atoms with Gasteiger partial charge in [-0.15, -0.1) is 23.1 Å². The Morgan fingerprint density at radius 1 is 1.19 bits per heavy atom. The Hall–Kier alpha value is -3.05. The molecule has 1 saturated heterocycles. The van der Waals surface area contributed by atoms with Crippen LogP contribution in [0.25, 0.3) is 0 Å². The minimum atomic E-state index is -0.969. The lowest BCUT2D eigenvalue weighted by molar-refractivity contribution is -0.141. The maximum absolute atomic E-state index is 13.5. The molecule has 3 atom stereocenters. The summed E-state index contributed by atoms with van der Waals surface area (Å²) in [5.41, 5.74) is 5.93. The molecule has 1 aromatic heterocycles. The molecule has 0 bridgehead atoms. The third-order valence-corrected chi connectivity index (χ3v) is 7.58. The van der Waals surface area contributed by atoms with Crippen LogP contribution in [0.15, 0.2) is 46.7 Å². The van der Waals surface area contributed by atoms with Gasteiger partial charge in [0.05, 0.1) is 6.04 Å². The standard InChI is InChI=1S/C26H35N5O4S2/c1-26(2,3)15-21(32)31-11-10-19(30-25(35)28-16-7-5-8-17(13-16)36-4)22(31)24(34)29-20(23(27)33)14-18-9-6-12-37-18/h5-9,12-13,19-20,22H,10-11,14-15H2,1-4H3,(H2,27,33)(H,29,34)(H2,28,30,35)/t19-,20-,22-/m0/s1. The first-order chi connectivity index (χ1) is 17.5. The molecule has 0 saturated carbocycles. The number of nitrogens with two attached hydrogens (primary N) is 1. The highest BCUT2D eigenvalue weighted by atomic mass is 32.2. The van der Waals surface area contributed by atoms with Crippen LogP contribution < -0.4 is 21.7 Å². The third-order valence-electron chi connectivity index (χ3n) is 5.96. The fraction of sp³-hybridized carbons (Fsp3) is 0.462. The number of likely N-dealkylation sites (tertiary alicyclic amines) is 1. The van der Waals surface area contributed by atoms with E-state index in [1.54, 1.807) is 17.8 Å². The predicted molar refractivity (Wildman–Crippen MR) is 148 cm³/mol. The summed E-state index contributed by atoms with van der Waals surface area (Å²) in [6.45, 7) is 6.16. The van der Waals surface area contributed by atoms with Crippen LogP contribution in [0.3, 0.4) is 0 Å². The number of urea groups is 1. The zero-order chi connectivity index (χ0) is 27.2. The minimum absolute atomic E-state index is 0.182. The second kappa shape index (κ2) is 12.5. The molecule has 1 fully saturated rings. The number of benzene rings is 1. The molecule has 11 heteroatoms. The van der Waals surface area contributed by atoms with E-state index >= 15 is 0 Å². The molecule has 0 aliphatic carbocycles. The zero-order valence-electron chi connectivity index (χ0n) is 21.6. The van der Waals surface area contributed by atoms with Gasteiger partial charge in [-0.25, -0.2) is 4.79 Å². The number of amides is 5. The van der Waals surface area contributed by atoms with Gasteiger partial charge in [0.1, 0.15) is 12.1 Å². The van der Waals surface area contributed by atoms with E-state index in [1.165, 1.54) is 16.2 Å². The first-order valence-electron chi connectivity index (χ1n) is 12.1. The Bertz CT molecular complexity index is 1120. The Morgan fingerprint density at radius 3 is 2.57 bits per heavy atom. The fourth-order valence-electron chi connectivity index (χ4n) is 4.25. The van der Waals surface area contributed by atoms with Crippen LogP contribution in [0, 0.1) is 5.41 Å². The third kappa shape index (κ3) is 8.22. The number of anilines is 1. The Kier molecular flexibility index (Phi) is 9.61. The fourth-order valence-corrected chi connectivity index (χ4v) is 5.46. The number of thiophene rings is 1. The lowest BCUT2D eigenvalue weighted by Gasteiger charge is -2.31. The van der Waals surface area contributed by atoms with Gasteiger partial charge in [-0.3, -0.25) is 14.4 Å². The van der Waals surface area contributed by atoms with E-state index in [2.05, 4.69) is 16.0 Å². The summed E-state index contributed by atoms with van der Waals surface area (Å²) in [5, 5.41) is 10.3. The van der Waals surface area contributed by atoms with E-state index < -0.39 is 36.0 Å². The van der Waals surface area contributed by atoms with Crippen LogP contribution in [0.2, 0.25) is 0 Å². The van der Waals surface area contributed by atoms with Gasteiger partial charge >= 0.3 is 6.03 Å². The first kappa shape index (κ1) is 28.5. The van der Waals surface area contributed by atoms with Crippen LogP contribution in [0.5, 0.6) is 0 Å². The Balaban J connectivity index is 1.78. The van der Waals surface area contributed by atoms with E-state index in [0.717, 1.165) is 9.77 Å². The first-order valence-corrected chi connectivity index (χ1v) is 14.2. The van der Waals surface area contributed by atoms with Crippen molar-refractivity contribution >= 4 is 52.5 Å². The molecule has 5 amide bonds. The summed E-state index contributed by atoms with van der Waals surface area (Å²) in [4.78, 5) is 55.1. The normalized spacial score (nSPS) is 18.2. The number of nitrogens with zero attached hydrogens (tertiary/aromatic N) is 1. The molecule has 5 N–H and O–H groups in total. The SMILES string of the molecule is CSc1cccc(NC(=O)N[C@H]2CCN(C(=O)CC(C)(C)C)[C@@H]2C(=O)N[C@@H](Cc2cccs2)C(N)=O)c1. The summed E-state index contributed by atoms with van der Waals surface area (Å²) in [6.07, 6.45) is 2.84. The average molecular weight is 546 g/mol. The van der Waals surface area contributed by atoms with Crippen LogP contribution >= 0.6 is 23.1 Å². The molecule has 9 nitrogen and oxygen atoms in total. The molecular formula is C26H35N5O4S2. The van der Waals surface area contributed by atoms with Crippen molar-refractivity contribution in [1.29, 1.82) is 0 Å². The van der Waals surface area contributed by atoms with E-state index in [1.807, 2.05) is 62.7 Å². The van der Waals surface area contributed by atoms with Crippen LogP contribution in [-0.2, 0) is 20.8 Å². The number of nitrogens with one attached hydrogen (secondary N) is 3. The molecule has 37 heavy (non-hydrogen) atoms. The van der Waals surface area contributed by atoms with Crippen LogP contribution in [0.1, 0.15) is 38.5 Å². The molecule has 0 spiro atoms. The average Bonchev–Trinajstić information content (AvgIpc) is 3.47. The highest BCUT2D eigenvalue weighted by molar-refractivity contribution is 7.98. The van der Waals surface area contributed by atoms with Crippen molar-refractivity contribution in [3.8, 4) is 0 Å². The molecule has 2 heterocycles. The highest BCUT2D eigenvalue weighted by Gasteiger charge is 2.44. The molecule has 200 valence electrons. The number of rotatable bonds is 9. The molecule has 2 aromatic rings. The minimum Gasteiger partial charge on any atom is -0.368 e. The number of thioether (sulfide) groups is 1.